The molecule has 0 saturated heterocycles. The number of fused-ring (bicyclic) bond motifs is 1. The van der Waals surface area contributed by atoms with Crippen molar-refractivity contribution in [2.75, 3.05) is 0 Å². The fraction of sp³-hybridized carbons (Fsp3) is 0.0769. The first-order valence-electron chi connectivity index (χ1n) is 5.61. The first kappa shape index (κ1) is 12.2. The van der Waals surface area contributed by atoms with Crippen molar-refractivity contribution in [2.45, 2.75) is 6.54 Å². The largest absolute Gasteiger partial charge is 0.342 e. The second kappa shape index (κ2) is 4.68. The van der Waals surface area contributed by atoms with Gasteiger partial charge in [-0.2, -0.15) is 0 Å². The van der Waals surface area contributed by atoms with Gasteiger partial charge >= 0.3 is 0 Å². The van der Waals surface area contributed by atoms with Crippen LogP contribution in [-0.4, -0.2) is 9.49 Å². The predicted molar refractivity (Wildman–Crippen MR) is 77.0 cm³/mol. The number of rotatable bonds is 3. The summed E-state index contributed by atoms with van der Waals surface area (Å²) in [4.78, 5) is 11.5. The minimum absolute atomic E-state index is 0.115. The van der Waals surface area contributed by atoms with E-state index in [-0.39, 0.29) is 10.6 Å². The molecule has 0 amide bonds. The Hall–Kier alpha value is -1.85. The summed E-state index contributed by atoms with van der Waals surface area (Å²) in [5.74, 6) is 0. The molecule has 0 N–H and O–H groups in total. The Labute approximate surface area is 118 Å². The van der Waals surface area contributed by atoms with E-state index in [1.165, 1.54) is 17.4 Å². The summed E-state index contributed by atoms with van der Waals surface area (Å²) in [5.41, 5.74) is 1.10. The lowest BCUT2D eigenvalue weighted by molar-refractivity contribution is -0.384. The van der Waals surface area contributed by atoms with E-state index in [4.69, 9.17) is 11.6 Å². The molecule has 0 radical (unpaired) electrons. The summed E-state index contributed by atoms with van der Waals surface area (Å²) in [6.07, 6.45) is 1.93. The molecule has 0 aliphatic heterocycles. The van der Waals surface area contributed by atoms with Crippen LogP contribution in [-0.2, 0) is 6.54 Å². The maximum Gasteiger partial charge on any atom is 0.270 e. The van der Waals surface area contributed by atoms with Crippen molar-refractivity contribution < 1.29 is 4.92 Å². The third kappa shape index (κ3) is 2.34. The lowest BCUT2D eigenvalue weighted by Crippen LogP contribution is -1.95. The highest BCUT2D eigenvalue weighted by Gasteiger charge is 2.09. The molecule has 3 aromatic rings. The standard InChI is InChI=1S/C13H9ClN2O2S/c14-13-4-2-11(19-13)8-15-6-5-9-7-10(16(17)18)1-3-12(9)15/h1-7H,8H2. The van der Waals surface area contributed by atoms with Crippen LogP contribution in [0.5, 0.6) is 0 Å². The fourth-order valence-corrected chi connectivity index (χ4v) is 3.13. The molecule has 0 aliphatic carbocycles. The first-order chi connectivity index (χ1) is 9.13. The lowest BCUT2D eigenvalue weighted by Gasteiger charge is -2.03. The van der Waals surface area contributed by atoms with E-state index in [0.717, 1.165) is 26.7 Å². The highest BCUT2D eigenvalue weighted by Crippen LogP contribution is 2.26. The summed E-state index contributed by atoms with van der Waals surface area (Å²) in [5, 5.41) is 11.6. The Balaban J connectivity index is 1.99. The van der Waals surface area contributed by atoms with Gasteiger partial charge in [0, 0.05) is 34.1 Å². The summed E-state index contributed by atoms with van der Waals surface area (Å²) in [7, 11) is 0. The topological polar surface area (TPSA) is 48.1 Å². The Morgan fingerprint density at radius 2 is 2.11 bits per heavy atom. The van der Waals surface area contributed by atoms with Crippen molar-refractivity contribution in [3.8, 4) is 0 Å². The number of thiophene rings is 1. The molecule has 0 atom stereocenters. The molecule has 19 heavy (non-hydrogen) atoms. The zero-order chi connectivity index (χ0) is 13.4. The van der Waals surface area contributed by atoms with Crippen LogP contribution in [0.3, 0.4) is 0 Å². The minimum Gasteiger partial charge on any atom is -0.342 e. The molecule has 0 aliphatic rings. The van der Waals surface area contributed by atoms with Crippen molar-refractivity contribution in [1.29, 1.82) is 0 Å². The van der Waals surface area contributed by atoms with Gasteiger partial charge in [0.05, 0.1) is 15.8 Å². The number of aromatic nitrogens is 1. The molecule has 2 heterocycles. The second-order valence-electron chi connectivity index (χ2n) is 4.15. The number of hydrogen-bond donors (Lipinski definition) is 0. The molecule has 0 unspecified atom stereocenters. The van der Waals surface area contributed by atoms with Crippen molar-refractivity contribution in [3.05, 3.63) is 61.9 Å². The molecular formula is C13H9ClN2O2S. The van der Waals surface area contributed by atoms with Crippen LogP contribution in [0.15, 0.2) is 42.6 Å². The first-order valence-corrected chi connectivity index (χ1v) is 6.80. The predicted octanol–water partition coefficient (Wildman–Crippen LogP) is 4.31. The SMILES string of the molecule is O=[N+]([O-])c1ccc2c(ccn2Cc2ccc(Cl)s2)c1. The molecule has 3 rings (SSSR count). The molecular weight excluding hydrogens is 284 g/mol. The Morgan fingerprint density at radius 1 is 1.26 bits per heavy atom. The van der Waals surface area contributed by atoms with Crippen LogP contribution in [0.4, 0.5) is 5.69 Å². The average molecular weight is 293 g/mol. The van der Waals surface area contributed by atoms with Crippen LogP contribution in [0.25, 0.3) is 10.9 Å². The van der Waals surface area contributed by atoms with Gasteiger partial charge < -0.3 is 4.57 Å². The van der Waals surface area contributed by atoms with E-state index < -0.39 is 0 Å². The number of nitro groups is 1. The molecule has 1 aromatic carbocycles. The third-order valence-electron chi connectivity index (χ3n) is 2.92. The van der Waals surface area contributed by atoms with Gasteiger partial charge in [-0.1, -0.05) is 11.6 Å². The molecule has 0 bridgehead atoms. The summed E-state index contributed by atoms with van der Waals surface area (Å²) in [6, 6.07) is 10.6. The average Bonchev–Trinajstić information content (AvgIpc) is 2.96. The Kier molecular flexibility index (Phi) is 3.00. The third-order valence-corrected chi connectivity index (χ3v) is 4.14. The monoisotopic (exact) mass is 292 g/mol. The van der Waals surface area contributed by atoms with E-state index in [1.54, 1.807) is 12.1 Å². The molecule has 4 nitrogen and oxygen atoms in total. The van der Waals surface area contributed by atoms with Crippen molar-refractivity contribution in [2.24, 2.45) is 0 Å². The van der Waals surface area contributed by atoms with Gasteiger partial charge in [0.25, 0.3) is 5.69 Å². The molecule has 2 aromatic heterocycles. The van der Waals surface area contributed by atoms with E-state index in [2.05, 4.69) is 4.57 Å². The Morgan fingerprint density at radius 3 is 2.79 bits per heavy atom. The maximum absolute atomic E-state index is 10.7. The van der Waals surface area contributed by atoms with Crippen molar-refractivity contribution in [3.63, 3.8) is 0 Å². The van der Waals surface area contributed by atoms with Gasteiger partial charge in [0.2, 0.25) is 0 Å². The second-order valence-corrected chi connectivity index (χ2v) is 5.95. The molecule has 0 spiro atoms. The van der Waals surface area contributed by atoms with Crippen molar-refractivity contribution >= 4 is 39.5 Å². The number of non-ortho nitro benzene ring substituents is 1. The Bertz CT molecular complexity index is 763. The number of hydrogen-bond acceptors (Lipinski definition) is 3. The zero-order valence-corrected chi connectivity index (χ0v) is 11.3. The van der Waals surface area contributed by atoms with Crippen LogP contribution in [0, 0.1) is 10.1 Å². The van der Waals surface area contributed by atoms with Gasteiger partial charge in [-0.15, -0.1) is 11.3 Å². The fourth-order valence-electron chi connectivity index (χ4n) is 2.04. The van der Waals surface area contributed by atoms with Crippen LogP contribution >= 0.6 is 22.9 Å². The van der Waals surface area contributed by atoms with Gasteiger partial charge in [-0.05, 0) is 24.3 Å². The molecule has 6 heteroatoms. The quantitative estimate of drug-likeness (QED) is 0.533. The minimum atomic E-state index is -0.379. The smallest absolute Gasteiger partial charge is 0.270 e. The maximum atomic E-state index is 10.7. The van der Waals surface area contributed by atoms with Gasteiger partial charge in [0.15, 0.2) is 0 Å². The van der Waals surface area contributed by atoms with E-state index >= 15 is 0 Å². The molecule has 0 saturated carbocycles. The summed E-state index contributed by atoms with van der Waals surface area (Å²) < 4.78 is 2.82. The van der Waals surface area contributed by atoms with E-state index in [0.29, 0.717) is 0 Å². The number of benzene rings is 1. The summed E-state index contributed by atoms with van der Waals surface area (Å²) >= 11 is 7.45. The number of nitrogens with zero attached hydrogens (tertiary/aromatic N) is 2. The summed E-state index contributed by atoms with van der Waals surface area (Å²) in [6.45, 7) is 0.721. The number of halogens is 1. The van der Waals surface area contributed by atoms with E-state index in [1.807, 2.05) is 24.4 Å². The normalized spacial score (nSPS) is 11.0. The van der Waals surface area contributed by atoms with Crippen LogP contribution in [0.2, 0.25) is 4.34 Å². The highest BCUT2D eigenvalue weighted by molar-refractivity contribution is 7.16. The molecule has 0 fully saturated rings. The van der Waals surface area contributed by atoms with Crippen LogP contribution < -0.4 is 0 Å². The van der Waals surface area contributed by atoms with E-state index in [9.17, 15) is 10.1 Å². The highest BCUT2D eigenvalue weighted by atomic mass is 35.5. The zero-order valence-electron chi connectivity index (χ0n) is 9.75. The van der Waals surface area contributed by atoms with Gasteiger partial charge in [-0.25, -0.2) is 0 Å². The lowest BCUT2D eigenvalue weighted by atomic mass is 10.2. The van der Waals surface area contributed by atoms with Gasteiger partial charge in [0.1, 0.15) is 0 Å². The van der Waals surface area contributed by atoms with Gasteiger partial charge in [-0.3, -0.25) is 10.1 Å². The number of nitro benzene ring substituents is 1. The molecule has 96 valence electrons. The van der Waals surface area contributed by atoms with Crippen LogP contribution in [0.1, 0.15) is 4.88 Å². The van der Waals surface area contributed by atoms with Crippen molar-refractivity contribution in [1.82, 2.24) is 4.57 Å².